The Morgan fingerprint density at radius 1 is 1.15 bits per heavy atom. The molecule has 1 aromatic heterocycles. The molecule has 2 fully saturated rings. The Balaban J connectivity index is 1.38. The highest BCUT2D eigenvalue weighted by Crippen LogP contribution is 2.26. The van der Waals surface area contributed by atoms with Crippen molar-refractivity contribution in [1.82, 2.24) is 14.3 Å². The number of hydrogen-bond acceptors (Lipinski definition) is 6. The number of nitrogens with zero attached hydrogens (tertiary/aromatic N) is 4. The maximum Gasteiger partial charge on any atom is 0.225 e. The van der Waals surface area contributed by atoms with Crippen molar-refractivity contribution in [2.24, 2.45) is 5.92 Å². The first kappa shape index (κ1) is 17.7. The van der Waals surface area contributed by atoms with Crippen LogP contribution in [-0.2, 0) is 9.53 Å². The van der Waals surface area contributed by atoms with Crippen molar-refractivity contribution in [1.29, 1.82) is 0 Å². The second-order valence-corrected chi connectivity index (χ2v) is 7.82. The molecular weight excluding hydrogens is 348 g/mol. The zero-order chi connectivity index (χ0) is 17.8. The third-order valence-electron chi connectivity index (χ3n) is 5.32. The molecular formula is C19H26N4O2S. The van der Waals surface area contributed by atoms with Gasteiger partial charge in [0.1, 0.15) is 0 Å². The van der Waals surface area contributed by atoms with Crippen LogP contribution >= 0.6 is 11.5 Å². The highest BCUT2D eigenvalue weighted by Gasteiger charge is 2.28. The summed E-state index contributed by atoms with van der Waals surface area (Å²) >= 11 is 1.47. The number of allylic oxidation sites excluding steroid dienone is 4. The maximum atomic E-state index is 12.8. The molecule has 1 amide bonds. The van der Waals surface area contributed by atoms with Gasteiger partial charge in [0.2, 0.25) is 11.0 Å². The first-order chi connectivity index (χ1) is 12.8. The molecule has 2 saturated heterocycles. The van der Waals surface area contributed by atoms with Gasteiger partial charge in [-0.25, -0.2) is 0 Å². The Morgan fingerprint density at radius 3 is 2.85 bits per heavy atom. The zero-order valence-corrected chi connectivity index (χ0v) is 15.9. The first-order valence-electron chi connectivity index (χ1n) is 9.63. The minimum absolute atomic E-state index is 0.147. The Morgan fingerprint density at radius 2 is 2.04 bits per heavy atom. The molecule has 0 bridgehead atoms. The normalized spacial score (nSPS) is 22.2. The van der Waals surface area contributed by atoms with Gasteiger partial charge in [0.25, 0.3) is 0 Å². The average Bonchev–Trinajstić information content (AvgIpc) is 3.07. The summed E-state index contributed by atoms with van der Waals surface area (Å²) in [6.45, 7) is 4.81. The summed E-state index contributed by atoms with van der Waals surface area (Å²) in [6.07, 6.45) is 11.4. The van der Waals surface area contributed by atoms with Gasteiger partial charge >= 0.3 is 0 Å². The number of amides is 1. The molecule has 6 nitrogen and oxygen atoms in total. The third kappa shape index (κ3) is 3.99. The van der Waals surface area contributed by atoms with Gasteiger partial charge < -0.3 is 14.5 Å². The van der Waals surface area contributed by atoms with Crippen LogP contribution < -0.4 is 4.90 Å². The molecule has 2 aliphatic heterocycles. The third-order valence-corrected chi connectivity index (χ3v) is 6.09. The minimum atomic E-state index is 0.147. The van der Waals surface area contributed by atoms with Crippen molar-refractivity contribution in [2.75, 3.05) is 44.3 Å². The summed E-state index contributed by atoms with van der Waals surface area (Å²) in [5.41, 5.74) is 1.13. The monoisotopic (exact) mass is 374 g/mol. The van der Waals surface area contributed by atoms with Gasteiger partial charge in [-0.3, -0.25) is 4.79 Å². The molecule has 0 atom stereocenters. The first-order valence-corrected chi connectivity index (χ1v) is 10.4. The molecule has 7 heteroatoms. The summed E-state index contributed by atoms with van der Waals surface area (Å²) < 4.78 is 9.94. The lowest BCUT2D eigenvalue weighted by molar-refractivity contribution is -0.138. The van der Waals surface area contributed by atoms with E-state index in [9.17, 15) is 4.79 Å². The van der Waals surface area contributed by atoms with Gasteiger partial charge in [0.15, 0.2) is 5.82 Å². The van der Waals surface area contributed by atoms with Crippen LogP contribution in [-0.4, -0.2) is 59.6 Å². The molecule has 1 aliphatic carbocycles. The Kier molecular flexibility index (Phi) is 5.65. The van der Waals surface area contributed by atoms with Crippen LogP contribution in [0.15, 0.2) is 18.2 Å². The van der Waals surface area contributed by atoms with Crippen molar-refractivity contribution in [2.45, 2.75) is 32.1 Å². The van der Waals surface area contributed by atoms with Crippen LogP contribution in [0.4, 0.5) is 5.13 Å². The van der Waals surface area contributed by atoms with Gasteiger partial charge in [-0.15, -0.1) is 0 Å². The summed E-state index contributed by atoms with van der Waals surface area (Å²) in [5.74, 6) is 1.29. The SMILES string of the molecule is O=C(C1CCOCC1)N1CCCN(c2nc(C3=CCCC=C3)ns2)CC1. The quantitative estimate of drug-likeness (QED) is 0.814. The molecule has 0 saturated carbocycles. The maximum absolute atomic E-state index is 12.8. The molecule has 3 heterocycles. The minimum Gasteiger partial charge on any atom is -0.381 e. The number of rotatable bonds is 3. The summed E-state index contributed by atoms with van der Waals surface area (Å²) in [6, 6.07) is 0. The van der Waals surface area contributed by atoms with E-state index in [2.05, 4.69) is 27.5 Å². The second kappa shape index (κ2) is 8.31. The number of carbonyl (C=O) groups is 1. The Labute approximate surface area is 158 Å². The number of aromatic nitrogens is 2. The molecule has 140 valence electrons. The number of anilines is 1. The molecule has 0 spiro atoms. The van der Waals surface area contributed by atoms with E-state index in [0.29, 0.717) is 19.1 Å². The van der Waals surface area contributed by atoms with E-state index in [1.165, 1.54) is 11.5 Å². The lowest BCUT2D eigenvalue weighted by Crippen LogP contribution is -2.40. The second-order valence-electron chi connectivity index (χ2n) is 7.09. The van der Waals surface area contributed by atoms with Gasteiger partial charge in [-0.2, -0.15) is 9.36 Å². The zero-order valence-electron chi connectivity index (χ0n) is 15.1. The molecule has 0 aromatic carbocycles. The van der Waals surface area contributed by atoms with Crippen LogP contribution in [0.2, 0.25) is 0 Å². The summed E-state index contributed by atoms with van der Waals surface area (Å²) in [7, 11) is 0. The van der Waals surface area contributed by atoms with Gasteiger partial charge in [-0.1, -0.05) is 18.2 Å². The van der Waals surface area contributed by atoms with E-state index in [0.717, 1.165) is 74.8 Å². The van der Waals surface area contributed by atoms with Crippen molar-refractivity contribution >= 4 is 28.1 Å². The van der Waals surface area contributed by atoms with Crippen molar-refractivity contribution in [3.05, 3.63) is 24.1 Å². The van der Waals surface area contributed by atoms with Gasteiger partial charge in [0.05, 0.1) is 0 Å². The van der Waals surface area contributed by atoms with E-state index in [4.69, 9.17) is 9.72 Å². The predicted octanol–water partition coefficient (Wildman–Crippen LogP) is 2.74. The summed E-state index contributed by atoms with van der Waals surface area (Å²) in [5, 5.41) is 0.972. The lowest BCUT2D eigenvalue weighted by atomic mass is 9.98. The molecule has 0 N–H and O–H groups in total. The topological polar surface area (TPSA) is 58.6 Å². The van der Waals surface area contributed by atoms with Crippen LogP contribution in [0, 0.1) is 5.92 Å². The number of hydrogen-bond donors (Lipinski definition) is 0. The fourth-order valence-electron chi connectivity index (χ4n) is 3.77. The highest BCUT2D eigenvalue weighted by molar-refractivity contribution is 7.09. The molecule has 3 aliphatic rings. The van der Waals surface area contributed by atoms with Crippen LogP contribution in [0.5, 0.6) is 0 Å². The Bertz CT molecular complexity index is 693. The van der Waals surface area contributed by atoms with E-state index < -0.39 is 0 Å². The molecule has 4 rings (SSSR count). The number of carbonyl (C=O) groups excluding carboxylic acids is 1. The fourth-order valence-corrected chi connectivity index (χ4v) is 4.51. The van der Waals surface area contributed by atoms with E-state index in [1.807, 2.05) is 4.90 Å². The van der Waals surface area contributed by atoms with E-state index in [1.54, 1.807) is 0 Å². The van der Waals surface area contributed by atoms with E-state index >= 15 is 0 Å². The largest absolute Gasteiger partial charge is 0.381 e. The molecule has 0 unspecified atom stereocenters. The summed E-state index contributed by atoms with van der Waals surface area (Å²) in [4.78, 5) is 21.9. The van der Waals surface area contributed by atoms with Gasteiger partial charge in [-0.05, 0) is 32.1 Å². The highest BCUT2D eigenvalue weighted by atomic mass is 32.1. The van der Waals surface area contributed by atoms with Gasteiger partial charge in [0, 0.05) is 62.4 Å². The average molecular weight is 375 g/mol. The Hall–Kier alpha value is -1.73. The van der Waals surface area contributed by atoms with Crippen LogP contribution in [0.1, 0.15) is 37.9 Å². The number of ether oxygens (including phenoxy) is 1. The molecule has 26 heavy (non-hydrogen) atoms. The van der Waals surface area contributed by atoms with E-state index in [-0.39, 0.29) is 5.92 Å². The van der Waals surface area contributed by atoms with Crippen molar-refractivity contribution < 1.29 is 9.53 Å². The molecule has 1 aromatic rings. The van der Waals surface area contributed by atoms with Crippen LogP contribution in [0.25, 0.3) is 5.57 Å². The fraction of sp³-hybridized carbons (Fsp3) is 0.632. The smallest absolute Gasteiger partial charge is 0.225 e. The van der Waals surface area contributed by atoms with Crippen LogP contribution in [0.3, 0.4) is 0 Å². The van der Waals surface area contributed by atoms with Crippen molar-refractivity contribution in [3.8, 4) is 0 Å². The standard InChI is InChI=1S/C19H26N4O2S/c24-18(16-7-13-25-14-8-16)22-9-4-10-23(12-11-22)19-20-17(21-26-19)15-5-2-1-3-6-15/h2,5-6,16H,1,3-4,7-14H2. The lowest BCUT2D eigenvalue weighted by Gasteiger charge is -2.28. The van der Waals surface area contributed by atoms with Crippen molar-refractivity contribution in [3.63, 3.8) is 0 Å². The molecule has 0 radical (unpaired) electrons. The predicted molar refractivity (Wildman–Crippen MR) is 103 cm³/mol.